The van der Waals surface area contributed by atoms with E-state index in [9.17, 15) is 4.79 Å². The van der Waals surface area contributed by atoms with Crippen molar-refractivity contribution in [2.75, 3.05) is 0 Å². The third-order valence-corrected chi connectivity index (χ3v) is 1.97. The molecule has 1 amide bonds. The van der Waals surface area contributed by atoms with E-state index in [2.05, 4.69) is 5.10 Å². The predicted molar refractivity (Wildman–Crippen MR) is 50.3 cm³/mol. The normalized spacial score (nSPS) is 13.2. The Bertz CT molecular complexity index is 308. The number of primary amides is 1. The highest BCUT2D eigenvalue weighted by Crippen LogP contribution is 2.18. The van der Waals surface area contributed by atoms with E-state index in [4.69, 9.17) is 17.3 Å². The highest BCUT2D eigenvalue weighted by Gasteiger charge is 2.21. The molecule has 13 heavy (non-hydrogen) atoms. The largest absolute Gasteiger partial charge is 0.368 e. The first-order valence-corrected chi connectivity index (χ1v) is 4.39. The van der Waals surface area contributed by atoms with Gasteiger partial charge in [0, 0.05) is 6.20 Å². The Hall–Kier alpha value is -1.03. The molecule has 0 aliphatic heterocycles. The lowest BCUT2D eigenvalue weighted by Gasteiger charge is -2.17. The number of rotatable bonds is 3. The van der Waals surface area contributed by atoms with Crippen LogP contribution in [0, 0.1) is 5.92 Å². The molecule has 0 aliphatic rings. The molecule has 1 aromatic heterocycles. The van der Waals surface area contributed by atoms with Crippen LogP contribution in [0.25, 0.3) is 0 Å². The molecule has 1 aromatic rings. The van der Waals surface area contributed by atoms with Crippen LogP contribution in [0.3, 0.4) is 0 Å². The minimum atomic E-state index is -0.424. The quantitative estimate of drug-likeness (QED) is 0.800. The Morgan fingerprint density at radius 3 is 2.62 bits per heavy atom. The molecule has 0 bridgehead atoms. The molecular formula is C8H12ClN3O. The van der Waals surface area contributed by atoms with Gasteiger partial charge in [-0.2, -0.15) is 5.10 Å². The molecule has 1 heterocycles. The second-order valence-corrected chi connectivity index (χ2v) is 3.67. The minimum absolute atomic E-state index is 0.105. The predicted octanol–water partition coefficient (Wildman–Crippen LogP) is 1.22. The number of halogens is 1. The van der Waals surface area contributed by atoms with Crippen LogP contribution in [0.5, 0.6) is 0 Å². The third-order valence-electron chi connectivity index (χ3n) is 1.78. The maximum Gasteiger partial charge on any atom is 0.242 e. The molecule has 72 valence electrons. The topological polar surface area (TPSA) is 60.9 Å². The second-order valence-electron chi connectivity index (χ2n) is 3.23. The fraction of sp³-hybridized carbons (Fsp3) is 0.500. The van der Waals surface area contributed by atoms with Crippen molar-refractivity contribution in [1.29, 1.82) is 0 Å². The molecule has 5 heteroatoms. The molecule has 0 fully saturated rings. The van der Waals surface area contributed by atoms with Gasteiger partial charge in [0.25, 0.3) is 0 Å². The summed E-state index contributed by atoms with van der Waals surface area (Å²) in [5.74, 6) is -0.289. The van der Waals surface area contributed by atoms with Crippen molar-refractivity contribution < 1.29 is 4.79 Å². The van der Waals surface area contributed by atoms with Crippen molar-refractivity contribution in [1.82, 2.24) is 9.78 Å². The Morgan fingerprint density at radius 1 is 1.69 bits per heavy atom. The molecule has 0 unspecified atom stereocenters. The van der Waals surface area contributed by atoms with Crippen LogP contribution in [0.4, 0.5) is 0 Å². The molecule has 0 aromatic carbocycles. The molecular weight excluding hydrogens is 190 g/mol. The van der Waals surface area contributed by atoms with Gasteiger partial charge < -0.3 is 5.73 Å². The van der Waals surface area contributed by atoms with Gasteiger partial charge in [-0.25, -0.2) is 0 Å². The van der Waals surface area contributed by atoms with Gasteiger partial charge in [0.15, 0.2) is 0 Å². The van der Waals surface area contributed by atoms with Crippen LogP contribution in [-0.2, 0) is 4.79 Å². The Labute approximate surface area is 81.7 Å². The Morgan fingerprint density at radius 2 is 2.31 bits per heavy atom. The molecule has 0 saturated carbocycles. The lowest BCUT2D eigenvalue weighted by Crippen LogP contribution is -2.30. The zero-order chi connectivity index (χ0) is 10.0. The number of carbonyl (C=O) groups is 1. The summed E-state index contributed by atoms with van der Waals surface area (Å²) in [7, 11) is 0. The molecule has 0 saturated heterocycles. The third kappa shape index (κ3) is 2.21. The SMILES string of the molecule is CC(C)[C@H](C(N)=O)n1cc(Cl)cn1. The lowest BCUT2D eigenvalue weighted by atomic mass is 10.0. The van der Waals surface area contributed by atoms with Crippen molar-refractivity contribution in [3.63, 3.8) is 0 Å². The number of amides is 1. The van der Waals surface area contributed by atoms with Crippen LogP contribution >= 0.6 is 11.6 Å². The summed E-state index contributed by atoms with van der Waals surface area (Å²) in [4.78, 5) is 11.1. The molecule has 0 aliphatic carbocycles. The van der Waals surface area contributed by atoms with Crippen molar-refractivity contribution in [3.05, 3.63) is 17.4 Å². The smallest absolute Gasteiger partial charge is 0.242 e. The first-order valence-electron chi connectivity index (χ1n) is 4.01. The molecule has 1 rings (SSSR count). The average Bonchev–Trinajstić information content (AvgIpc) is 2.34. The van der Waals surface area contributed by atoms with E-state index >= 15 is 0 Å². The van der Waals surface area contributed by atoms with E-state index in [1.165, 1.54) is 10.9 Å². The van der Waals surface area contributed by atoms with Crippen LogP contribution in [0.15, 0.2) is 12.4 Å². The van der Waals surface area contributed by atoms with Gasteiger partial charge in [0.1, 0.15) is 6.04 Å². The Balaban J connectivity index is 2.95. The highest BCUT2D eigenvalue weighted by atomic mass is 35.5. The zero-order valence-electron chi connectivity index (χ0n) is 7.57. The van der Waals surface area contributed by atoms with Crippen LogP contribution < -0.4 is 5.73 Å². The van der Waals surface area contributed by atoms with Gasteiger partial charge in [-0.1, -0.05) is 25.4 Å². The van der Waals surface area contributed by atoms with Gasteiger partial charge in [-0.3, -0.25) is 9.48 Å². The number of nitrogens with two attached hydrogens (primary N) is 1. The van der Waals surface area contributed by atoms with E-state index in [0.29, 0.717) is 5.02 Å². The van der Waals surface area contributed by atoms with Crippen molar-refractivity contribution in [3.8, 4) is 0 Å². The van der Waals surface area contributed by atoms with Gasteiger partial charge in [0.05, 0.1) is 11.2 Å². The molecule has 4 nitrogen and oxygen atoms in total. The molecule has 0 spiro atoms. The number of aromatic nitrogens is 2. The van der Waals surface area contributed by atoms with Gasteiger partial charge in [-0.05, 0) is 5.92 Å². The summed E-state index contributed by atoms with van der Waals surface area (Å²) in [6.07, 6.45) is 3.08. The number of hydrogen-bond acceptors (Lipinski definition) is 2. The van der Waals surface area contributed by atoms with Gasteiger partial charge in [0.2, 0.25) is 5.91 Å². The van der Waals surface area contributed by atoms with Gasteiger partial charge >= 0.3 is 0 Å². The van der Waals surface area contributed by atoms with E-state index < -0.39 is 11.9 Å². The van der Waals surface area contributed by atoms with Crippen LogP contribution in [0.2, 0.25) is 5.02 Å². The van der Waals surface area contributed by atoms with E-state index in [1.54, 1.807) is 6.20 Å². The zero-order valence-corrected chi connectivity index (χ0v) is 8.32. The summed E-state index contributed by atoms with van der Waals surface area (Å²) in [6.45, 7) is 3.82. The summed E-state index contributed by atoms with van der Waals surface area (Å²) in [5.41, 5.74) is 5.24. The van der Waals surface area contributed by atoms with Crippen LogP contribution in [-0.4, -0.2) is 15.7 Å². The molecule has 0 radical (unpaired) electrons. The highest BCUT2D eigenvalue weighted by molar-refractivity contribution is 6.30. The standard InChI is InChI=1S/C8H12ClN3O/c1-5(2)7(8(10)13)12-4-6(9)3-11-12/h3-5,7H,1-2H3,(H2,10,13)/t7-/m1/s1. The van der Waals surface area contributed by atoms with Gasteiger partial charge in [-0.15, -0.1) is 0 Å². The average molecular weight is 202 g/mol. The Kier molecular flexibility index (Phi) is 2.93. The number of hydrogen-bond donors (Lipinski definition) is 1. The summed E-state index contributed by atoms with van der Waals surface area (Å²) in [5, 5.41) is 4.45. The molecule has 2 N–H and O–H groups in total. The minimum Gasteiger partial charge on any atom is -0.368 e. The fourth-order valence-electron chi connectivity index (χ4n) is 1.23. The van der Waals surface area contributed by atoms with E-state index in [-0.39, 0.29) is 5.92 Å². The maximum atomic E-state index is 11.1. The van der Waals surface area contributed by atoms with Crippen LogP contribution in [0.1, 0.15) is 19.9 Å². The number of nitrogens with zero attached hydrogens (tertiary/aromatic N) is 2. The number of carbonyl (C=O) groups excluding carboxylic acids is 1. The molecule has 1 atom stereocenters. The second kappa shape index (κ2) is 3.79. The summed E-state index contributed by atoms with van der Waals surface area (Å²) in [6, 6.07) is -0.424. The van der Waals surface area contributed by atoms with E-state index in [1.807, 2.05) is 13.8 Å². The maximum absolute atomic E-state index is 11.1. The van der Waals surface area contributed by atoms with Crippen molar-refractivity contribution in [2.24, 2.45) is 11.7 Å². The fourth-order valence-corrected chi connectivity index (χ4v) is 1.37. The van der Waals surface area contributed by atoms with Crippen molar-refractivity contribution >= 4 is 17.5 Å². The summed E-state index contributed by atoms with van der Waals surface area (Å²) < 4.78 is 1.50. The summed E-state index contributed by atoms with van der Waals surface area (Å²) >= 11 is 5.68. The first-order chi connectivity index (χ1) is 6.02. The monoisotopic (exact) mass is 201 g/mol. The van der Waals surface area contributed by atoms with Crippen molar-refractivity contribution in [2.45, 2.75) is 19.9 Å². The lowest BCUT2D eigenvalue weighted by molar-refractivity contribution is -0.122. The first kappa shape index (κ1) is 10.1. The van der Waals surface area contributed by atoms with E-state index in [0.717, 1.165) is 0 Å².